The van der Waals surface area contributed by atoms with Crippen LogP contribution in [0.2, 0.25) is 0 Å². The van der Waals surface area contributed by atoms with Crippen molar-refractivity contribution >= 4 is 17.9 Å². The van der Waals surface area contributed by atoms with E-state index in [-0.39, 0.29) is 23.4 Å². The predicted molar refractivity (Wildman–Crippen MR) is 83.2 cm³/mol. The topological polar surface area (TPSA) is 117 Å². The quantitative estimate of drug-likeness (QED) is 0.635. The Kier molecular flexibility index (Phi) is 4.16. The summed E-state index contributed by atoms with van der Waals surface area (Å²) < 4.78 is 1.97. The van der Waals surface area contributed by atoms with Crippen molar-refractivity contribution < 1.29 is 19.5 Å². The molecule has 0 aliphatic carbocycles. The van der Waals surface area contributed by atoms with E-state index in [4.69, 9.17) is 9.90 Å². The summed E-state index contributed by atoms with van der Waals surface area (Å²) in [7, 11) is 0. The second kappa shape index (κ2) is 6.14. The van der Waals surface area contributed by atoms with Gasteiger partial charge in [0.05, 0.1) is 5.54 Å². The zero-order chi connectivity index (χ0) is 17.3. The summed E-state index contributed by atoms with van der Waals surface area (Å²) >= 11 is 0. The van der Waals surface area contributed by atoms with Gasteiger partial charge in [-0.25, -0.2) is 4.79 Å². The third kappa shape index (κ3) is 3.19. The molecule has 2 fully saturated rings. The first-order valence-electron chi connectivity index (χ1n) is 7.94. The minimum absolute atomic E-state index is 0.0570. The van der Waals surface area contributed by atoms with Crippen molar-refractivity contribution in [2.45, 2.75) is 31.8 Å². The molecule has 9 heteroatoms. The van der Waals surface area contributed by atoms with E-state index in [2.05, 4.69) is 15.7 Å². The monoisotopic (exact) mass is 335 g/mol. The molecule has 0 aromatic carbocycles. The van der Waals surface area contributed by atoms with Crippen LogP contribution in [0.25, 0.3) is 0 Å². The number of likely N-dealkylation sites (tertiary alicyclic amines) is 1. The molecule has 3 N–H and O–H groups in total. The first-order valence-corrected chi connectivity index (χ1v) is 7.94. The van der Waals surface area contributed by atoms with Crippen molar-refractivity contribution in [3.8, 4) is 0 Å². The second-order valence-electron chi connectivity index (χ2n) is 6.54. The van der Waals surface area contributed by atoms with Gasteiger partial charge in [0.1, 0.15) is 0 Å². The maximum absolute atomic E-state index is 12.5. The smallest absolute Gasteiger partial charge is 0.315 e. The molecule has 3 aliphatic heterocycles. The molecule has 24 heavy (non-hydrogen) atoms. The summed E-state index contributed by atoms with van der Waals surface area (Å²) in [6.07, 6.45) is 3.41. The van der Waals surface area contributed by atoms with E-state index in [9.17, 15) is 9.59 Å². The molecule has 3 aliphatic rings. The Morgan fingerprint density at radius 3 is 2.75 bits per heavy atom. The molecule has 4 rings (SSSR count). The summed E-state index contributed by atoms with van der Waals surface area (Å²) in [6, 6.07) is 1.86. The number of amides is 3. The summed E-state index contributed by atoms with van der Waals surface area (Å²) in [5.74, 6) is -0.564. The number of urea groups is 1. The van der Waals surface area contributed by atoms with Crippen LogP contribution in [-0.2, 0) is 22.6 Å². The highest BCUT2D eigenvalue weighted by Gasteiger charge is 2.50. The second-order valence-corrected chi connectivity index (χ2v) is 6.54. The number of rotatable bonds is 1. The van der Waals surface area contributed by atoms with Gasteiger partial charge in [0.15, 0.2) is 0 Å². The van der Waals surface area contributed by atoms with E-state index in [1.54, 1.807) is 6.20 Å². The van der Waals surface area contributed by atoms with Gasteiger partial charge in [-0.2, -0.15) is 5.10 Å². The minimum Gasteiger partial charge on any atom is -0.481 e. The number of carboxylic acids is 1. The van der Waals surface area contributed by atoms with E-state index in [0.717, 1.165) is 32.0 Å². The molecule has 2 saturated heterocycles. The van der Waals surface area contributed by atoms with Gasteiger partial charge in [-0.05, 0) is 12.5 Å². The highest BCUT2D eigenvalue weighted by atomic mass is 16.4. The van der Waals surface area contributed by atoms with E-state index in [1.807, 2.05) is 15.6 Å². The molecule has 1 atom stereocenters. The molecular weight excluding hydrogens is 314 g/mol. The SMILES string of the molecule is CC(=O)O.O=C1NCC2(CN(C(=O)C3CCn4nccc4C3)C2)N1. The van der Waals surface area contributed by atoms with Gasteiger partial charge in [0, 0.05) is 57.3 Å². The summed E-state index contributed by atoms with van der Waals surface area (Å²) in [5, 5.41) is 17.3. The number of carboxylic acid groups (broad SMARTS) is 1. The number of hydrogen-bond acceptors (Lipinski definition) is 4. The summed E-state index contributed by atoms with van der Waals surface area (Å²) in [6.45, 7) is 3.77. The molecule has 1 spiro atoms. The Hall–Kier alpha value is -2.58. The van der Waals surface area contributed by atoms with Crippen LogP contribution in [-0.4, -0.2) is 62.9 Å². The molecule has 4 heterocycles. The lowest BCUT2D eigenvalue weighted by Gasteiger charge is -2.48. The van der Waals surface area contributed by atoms with Crippen LogP contribution in [0.3, 0.4) is 0 Å². The number of aliphatic carboxylic acids is 1. The largest absolute Gasteiger partial charge is 0.481 e. The molecule has 0 saturated carbocycles. The van der Waals surface area contributed by atoms with Gasteiger partial charge in [-0.3, -0.25) is 14.3 Å². The molecule has 0 radical (unpaired) electrons. The van der Waals surface area contributed by atoms with Crippen molar-refractivity contribution in [2.75, 3.05) is 19.6 Å². The van der Waals surface area contributed by atoms with Crippen LogP contribution >= 0.6 is 0 Å². The van der Waals surface area contributed by atoms with Crippen LogP contribution in [0.4, 0.5) is 4.79 Å². The Morgan fingerprint density at radius 2 is 2.12 bits per heavy atom. The fourth-order valence-electron chi connectivity index (χ4n) is 3.45. The highest BCUT2D eigenvalue weighted by molar-refractivity contribution is 5.83. The van der Waals surface area contributed by atoms with Crippen LogP contribution < -0.4 is 10.6 Å². The fourth-order valence-corrected chi connectivity index (χ4v) is 3.45. The third-order valence-corrected chi connectivity index (χ3v) is 4.56. The number of nitrogens with one attached hydrogen (secondary N) is 2. The normalized spacial score (nSPS) is 23.3. The Labute approximate surface area is 139 Å². The Morgan fingerprint density at radius 1 is 1.42 bits per heavy atom. The van der Waals surface area contributed by atoms with Gasteiger partial charge in [-0.15, -0.1) is 0 Å². The standard InChI is InChI=1S/C13H17N5O2.C2H4O2/c19-11(9-2-4-18-10(5-9)1-3-15-18)17-7-13(8-17)6-14-12(20)16-13;1-2(3)4/h1,3,9H,2,4-8H2,(H2,14,16,20);1H3,(H,3,4). The number of fused-ring (bicyclic) bond motifs is 1. The van der Waals surface area contributed by atoms with E-state index < -0.39 is 5.97 Å². The molecule has 1 aromatic heterocycles. The number of hydrogen-bond donors (Lipinski definition) is 3. The van der Waals surface area contributed by atoms with Gasteiger partial charge in [-0.1, -0.05) is 0 Å². The fraction of sp³-hybridized carbons (Fsp3) is 0.600. The van der Waals surface area contributed by atoms with Crippen LogP contribution in [0.15, 0.2) is 12.3 Å². The average molecular weight is 335 g/mol. The molecule has 0 bridgehead atoms. The molecular formula is C15H21N5O4. The van der Waals surface area contributed by atoms with Crippen molar-refractivity contribution in [3.05, 3.63) is 18.0 Å². The number of carbonyl (C=O) groups excluding carboxylic acids is 2. The molecule has 1 aromatic rings. The van der Waals surface area contributed by atoms with Crippen molar-refractivity contribution in [1.82, 2.24) is 25.3 Å². The van der Waals surface area contributed by atoms with Crippen LogP contribution in [0.1, 0.15) is 19.0 Å². The zero-order valence-electron chi connectivity index (χ0n) is 13.5. The van der Waals surface area contributed by atoms with Crippen LogP contribution in [0.5, 0.6) is 0 Å². The lowest BCUT2D eigenvalue weighted by Crippen LogP contribution is -2.70. The maximum Gasteiger partial charge on any atom is 0.315 e. The van der Waals surface area contributed by atoms with E-state index in [1.165, 1.54) is 0 Å². The van der Waals surface area contributed by atoms with Gasteiger partial charge in [0.2, 0.25) is 5.91 Å². The van der Waals surface area contributed by atoms with Crippen molar-refractivity contribution in [3.63, 3.8) is 0 Å². The number of carbonyl (C=O) groups is 3. The lowest BCUT2D eigenvalue weighted by atomic mass is 9.87. The average Bonchev–Trinajstić information content (AvgIpc) is 3.09. The number of aromatic nitrogens is 2. The first kappa shape index (κ1) is 16.3. The Bertz CT molecular complexity index is 661. The molecule has 9 nitrogen and oxygen atoms in total. The van der Waals surface area contributed by atoms with Gasteiger partial charge >= 0.3 is 6.03 Å². The number of aryl methyl sites for hydroxylation is 1. The van der Waals surface area contributed by atoms with Crippen LogP contribution in [0, 0.1) is 5.92 Å². The highest BCUT2D eigenvalue weighted by Crippen LogP contribution is 2.28. The van der Waals surface area contributed by atoms with E-state index >= 15 is 0 Å². The Balaban J connectivity index is 0.000000383. The zero-order valence-corrected chi connectivity index (χ0v) is 13.5. The molecule has 3 amide bonds. The van der Waals surface area contributed by atoms with Gasteiger partial charge in [0.25, 0.3) is 5.97 Å². The van der Waals surface area contributed by atoms with Crippen molar-refractivity contribution in [2.24, 2.45) is 5.92 Å². The van der Waals surface area contributed by atoms with E-state index in [0.29, 0.717) is 19.6 Å². The maximum atomic E-state index is 12.5. The first-order chi connectivity index (χ1) is 11.4. The molecule has 130 valence electrons. The molecule has 1 unspecified atom stereocenters. The summed E-state index contributed by atoms with van der Waals surface area (Å²) in [5.41, 5.74) is 0.920. The van der Waals surface area contributed by atoms with Crippen molar-refractivity contribution in [1.29, 1.82) is 0 Å². The predicted octanol–water partition coefficient (Wildman–Crippen LogP) is -0.570. The minimum atomic E-state index is -0.833. The summed E-state index contributed by atoms with van der Waals surface area (Å²) in [4.78, 5) is 34.6. The number of nitrogens with zero attached hydrogens (tertiary/aromatic N) is 3. The third-order valence-electron chi connectivity index (χ3n) is 4.56. The van der Waals surface area contributed by atoms with Gasteiger partial charge < -0.3 is 20.6 Å². The lowest BCUT2D eigenvalue weighted by molar-refractivity contribution is -0.144.